The SMILES string of the molecule is CCCC1(CNC(C)C(=O)NC(C)(C)C)CC1. The molecule has 1 saturated carbocycles. The van der Waals surface area contributed by atoms with Crippen LogP contribution in [0.4, 0.5) is 0 Å². The summed E-state index contributed by atoms with van der Waals surface area (Å²) in [5.74, 6) is 0.102. The highest BCUT2D eigenvalue weighted by molar-refractivity contribution is 5.81. The monoisotopic (exact) mass is 240 g/mol. The fourth-order valence-corrected chi connectivity index (χ4v) is 2.16. The van der Waals surface area contributed by atoms with Crippen LogP contribution in [0.5, 0.6) is 0 Å². The van der Waals surface area contributed by atoms with Crippen LogP contribution in [-0.2, 0) is 4.79 Å². The maximum atomic E-state index is 11.9. The maximum absolute atomic E-state index is 11.9. The number of hydrogen-bond acceptors (Lipinski definition) is 2. The van der Waals surface area contributed by atoms with Crippen LogP contribution in [0, 0.1) is 5.41 Å². The Morgan fingerprint density at radius 3 is 2.35 bits per heavy atom. The normalized spacial score (nSPS) is 19.8. The molecule has 0 spiro atoms. The van der Waals surface area contributed by atoms with E-state index >= 15 is 0 Å². The minimum atomic E-state index is -0.145. The first-order valence-electron chi connectivity index (χ1n) is 6.83. The van der Waals surface area contributed by atoms with E-state index < -0.39 is 0 Å². The summed E-state index contributed by atoms with van der Waals surface area (Å²) in [6.45, 7) is 11.2. The Labute approximate surface area is 106 Å². The Balaban J connectivity index is 2.30. The van der Waals surface area contributed by atoms with Crippen molar-refractivity contribution in [3.8, 4) is 0 Å². The van der Waals surface area contributed by atoms with E-state index in [0.29, 0.717) is 5.41 Å². The van der Waals surface area contributed by atoms with Crippen LogP contribution in [0.1, 0.15) is 60.3 Å². The molecule has 1 amide bonds. The standard InChI is InChI=1S/C14H28N2O/c1-6-7-14(8-9-14)10-15-11(2)12(17)16-13(3,4)5/h11,15H,6-10H2,1-5H3,(H,16,17). The fourth-order valence-electron chi connectivity index (χ4n) is 2.16. The molecule has 0 aromatic heterocycles. The molecular formula is C14H28N2O. The van der Waals surface area contributed by atoms with Crippen molar-refractivity contribution >= 4 is 5.91 Å². The molecule has 1 aliphatic rings. The molecule has 100 valence electrons. The third-order valence-corrected chi connectivity index (χ3v) is 3.41. The van der Waals surface area contributed by atoms with Gasteiger partial charge in [-0.1, -0.05) is 13.3 Å². The molecule has 2 N–H and O–H groups in total. The molecule has 1 rings (SSSR count). The summed E-state index contributed by atoms with van der Waals surface area (Å²) in [6.07, 6.45) is 5.17. The van der Waals surface area contributed by atoms with Gasteiger partial charge in [0.05, 0.1) is 6.04 Å². The molecule has 0 saturated heterocycles. The average Bonchev–Trinajstić information content (AvgIpc) is 2.93. The summed E-state index contributed by atoms with van der Waals surface area (Å²) in [4.78, 5) is 11.9. The molecule has 17 heavy (non-hydrogen) atoms. The van der Waals surface area contributed by atoms with Crippen LogP contribution in [0.15, 0.2) is 0 Å². The third kappa shape index (κ3) is 5.07. The molecule has 1 unspecified atom stereocenters. The zero-order valence-corrected chi connectivity index (χ0v) is 12.0. The van der Waals surface area contributed by atoms with Gasteiger partial charge in [-0.3, -0.25) is 4.79 Å². The molecule has 0 heterocycles. The van der Waals surface area contributed by atoms with E-state index in [-0.39, 0.29) is 17.5 Å². The highest BCUT2D eigenvalue weighted by Gasteiger charge is 2.41. The van der Waals surface area contributed by atoms with Crippen molar-refractivity contribution in [3.05, 3.63) is 0 Å². The largest absolute Gasteiger partial charge is 0.350 e. The minimum absolute atomic E-state index is 0.0939. The van der Waals surface area contributed by atoms with E-state index in [1.165, 1.54) is 25.7 Å². The number of rotatable bonds is 6. The quantitative estimate of drug-likeness (QED) is 0.749. The van der Waals surface area contributed by atoms with Crippen LogP contribution in [0.2, 0.25) is 0 Å². The van der Waals surface area contributed by atoms with Gasteiger partial charge in [0, 0.05) is 12.1 Å². The van der Waals surface area contributed by atoms with E-state index in [1.54, 1.807) is 0 Å². The van der Waals surface area contributed by atoms with Crippen molar-refractivity contribution in [1.29, 1.82) is 0 Å². The van der Waals surface area contributed by atoms with Gasteiger partial charge in [0.1, 0.15) is 0 Å². The average molecular weight is 240 g/mol. The molecule has 3 heteroatoms. The van der Waals surface area contributed by atoms with Crippen molar-refractivity contribution in [2.24, 2.45) is 5.41 Å². The lowest BCUT2D eigenvalue weighted by Crippen LogP contribution is -2.50. The zero-order valence-electron chi connectivity index (χ0n) is 12.0. The van der Waals surface area contributed by atoms with Gasteiger partial charge in [-0.15, -0.1) is 0 Å². The van der Waals surface area contributed by atoms with Crippen LogP contribution >= 0.6 is 0 Å². The first-order chi connectivity index (χ1) is 7.78. The van der Waals surface area contributed by atoms with E-state index in [0.717, 1.165) is 6.54 Å². The lowest BCUT2D eigenvalue weighted by Gasteiger charge is -2.25. The van der Waals surface area contributed by atoms with Crippen LogP contribution in [0.25, 0.3) is 0 Å². The van der Waals surface area contributed by atoms with Crippen molar-refractivity contribution in [1.82, 2.24) is 10.6 Å². The third-order valence-electron chi connectivity index (χ3n) is 3.41. The molecule has 0 bridgehead atoms. The molecule has 1 aliphatic carbocycles. The first kappa shape index (κ1) is 14.5. The van der Waals surface area contributed by atoms with Gasteiger partial charge in [0.15, 0.2) is 0 Å². The van der Waals surface area contributed by atoms with Gasteiger partial charge in [-0.2, -0.15) is 0 Å². The summed E-state index contributed by atoms with van der Waals surface area (Å²) < 4.78 is 0. The van der Waals surface area contributed by atoms with E-state index in [1.807, 2.05) is 27.7 Å². The predicted octanol–water partition coefficient (Wildman–Crippen LogP) is 2.46. The second-order valence-electron chi connectivity index (χ2n) is 6.59. The Bertz CT molecular complexity index is 264. The van der Waals surface area contributed by atoms with E-state index in [2.05, 4.69) is 17.6 Å². The van der Waals surface area contributed by atoms with E-state index in [9.17, 15) is 4.79 Å². The first-order valence-corrected chi connectivity index (χ1v) is 6.83. The number of hydrogen-bond donors (Lipinski definition) is 2. The maximum Gasteiger partial charge on any atom is 0.237 e. The highest BCUT2D eigenvalue weighted by Crippen LogP contribution is 2.48. The van der Waals surface area contributed by atoms with Gasteiger partial charge < -0.3 is 10.6 Å². The second-order valence-corrected chi connectivity index (χ2v) is 6.59. The van der Waals surface area contributed by atoms with Crippen LogP contribution < -0.4 is 10.6 Å². The molecule has 1 fully saturated rings. The van der Waals surface area contributed by atoms with E-state index in [4.69, 9.17) is 0 Å². The van der Waals surface area contributed by atoms with Crippen molar-refractivity contribution in [2.75, 3.05) is 6.54 Å². The smallest absolute Gasteiger partial charge is 0.237 e. The van der Waals surface area contributed by atoms with Crippen molar-refractivity contribution in [2.45, 2.75) is 71.9 Å². The lowest BCUT2D eigenvalue weighted by atomic mass is 10.0. The van der Waals surface area contributed by atoms with Crippen molar-refractivity contribution < 1.29 is 4.79 Å². The Morgan fingerprint density at radius 2 is 1.94 bits per heavy atom. The Hall–Kier alpha value is -0.570. The van der Waals surface area contributed by atoms with Gasteiger partial charge in [0.2, 0.25) is 5.91 Å². The molecule has 0 radical (unpaired) electrons. The summed E-state index contributed by atoms with van der Waals surface area (Å²) in [6, 6.07) is -0.0939. The van der Waals surface area contributed by atoms with Crippen LogP contribution in [-0.4, -0.2) is 24.0 Å². The second kappa shape index (κ2) is 5.38. The predicted molar refractivity (Wildman–Crippen MR) is 71.9 cm³/mol. The van der Waals surface area contributed by atoms with Gasteiger partial charge in [-0.05, 0) is 52.4 Å². The molecule has 3 nitrogen and oxygen atoms in total. The van der Waals surface area contributed by atoms with Crippen LogP contribution in [0.3, 0.4) is 0 Å². The lowest BCUT2D eigenvalue weighted by molar-refractivity contribution is -0.124. The summed E-state index contributed by atoms with van der Waals surface area (Å²) in [7, 11) is 0. The topological polar surface area (TPSA) is 41.1 Å². The molecular weight excluding hydrogens is 212 g/mol. The molecule has 1 atom stereocenters. The minimum Gasteiger partial charge on any atom is -0.350 e. The number of carbonyl (C=O) groups excluding carboxylic acids is 1. The number of amides is 1. The number of carbonyl (C=O) groups is 1. The fraction of sp³-hybridized carbons (Fsp3) is 0.929. The van der Waals surface area contributed by atoms with Gasteiger partial charge >= 0.3 is 0 Å². The Kier molecular flexibility index (Phi) is 4.59. The van der Waals surface area contributed by atoms with Gasteiger partial charge in [-0.25, -0.2) is 0 Å². The van der Waals surface area contributed by atoms with Crippen molar-refractivity contribution in [3.63, 3.8) is 0 Å². The number of nitrogens with one attached hydrogen (secondary N) is 2. The van der Waals surface area contributed by atoms with Gasteiger partial charge in [0.25, 0.3) is 0 Å². The summed E-state index contributed by atoms with van der Waals surface area (Å²) in [5.41, 5.74) is 0.360. The molecule has 0 aromatic rings. The summed E-state index contributed by atoms with van der Waals surface area (Å²) in [5, 5.41) is 6.39. The zero-order chi connectivity index (χ0) is 13.1. The highest BCUT2D eigenvalue weighted by atomic mass is 16.2. The summed E-state index contributed by atoms with van der Waals surface area (Å²) >= 11 is 0. The molecule has 0 aliphatic heterocycles. The Morgan fingerprint density at radius 1 is 1.35 bits per heavy atom. The molecule has 0 aromatic carbocycles.